The summed E-state index contributed by atoms with van der Waals surface area (Å²) in [6.07, 6.45) is 1.16. The number of rotatable bonds is 8. The number of carbonyl (C=O) groups is 1. The molecule has 2 aromatic rings. The molecule has 6 nitrogen and oxygen atoms in total. The zero-order valence-electron chi connectivity index (χ0n) is 15.5. The number of sulfonamides is 1. The molecule has 0 aliphatic carbocycles. The van der Waals surface area contributed by atoms with Crippen LogP contribution >= 0.6 is 34.7 Å². The van der Waals surface area contributed by atoms with Gasteiger partial charge in [0.1, 0.15) is 10.3 Å². The van der Waals surface area contributed by atoms with E-state index in [9.17, 15) is 13.2 Å². The SMILES string of the molecule is N#Cc1ccccc1CSCCNC(=O)C1CCCN1S(=O)(=O)c1ccc(Cl)s1. The van der Waals surface area contributed by atoms with E-state index < -0.39 is 16.1 Å². The van der Waals surface area contributed by atoms with Gasteiger partial charge in [-0.15, -0.1) is 11.3 Å². The molecule has 1 fully saturated rings. The van der Waals surface area contributed by atoms with Crippen LogP contribution in [-0.2, 0) is 20.6 Å². The van der Waals surface area contributed by atoms with Crippen molar-refractivity contribution in [2.75, 3.05) is 18.8 Å². The van der Waals surface area contributed by atoms with Crippen molar-refractivity contribution in [2.45, 2.75) is 28.8 Å². The Morgan fingerprint density at radius 1 is 1.34 bits per heavy atom. The van der Waals surface area contributed by atoms with Crippen molar-refractivity contribution < 1.29 is 13.2 Å². The number of thioether (sulfide) groups is 1. The molecule has 1 amide bonds. The molecular weight excluding hydrogens is 450 g/mol. The Balaban J connectivity index is 1.50. The molecule has 1 aromatic carbocycles. The summed E-state index contributed by atoms with van der Waals surface area (Å²) in [5.74, 6) is 1.08. The highest BCUT2D eigenvalue weighted by atomic mass is 35.5. The molecule has 1 atom stereocenters. The Morgan fingerprint density at radius 3 is 2.86 bits per heavy atom. The van der Waals surface area contributed by atoms with Crippen LogP contribution in [0.15, 0.2) is 40.6 Å². The summed E-state index contributed by atoms with van der Waals surface area (Å²) in [7, 11) is -3.72. The van der Waals surface area contributed by atoms with Crippen LogP contribution < -0.4 is 5.32 Å². The largest absolute Gasteiger partial charge is 0.354 e. The normalized spacial score (nSPS) is 17.2. The third-order valence-corrected chi connectivity index (χ3v) is 9.17. The van der Waals surface area contributed by atoms with Crippen molar-refractivity contribution in [1.29, 1.82) is 5.26 Å². The number of benzene rings is 1. The molecule has 1 aromatic heterocycles. The highest BCUT2D eigenvalue weighted by molar-refractivity contribution is 7.98. The Bertz CT molecular complexity index is 1020. The van der Waals surface area contributed by atoms with Gasteiger partial charge in [-0.25, -0.2) is 8.42 Å². The minimum atomic E-state index is -3.72. The Kier molecular flexibility index (Phi) is 7.60. The van der Waals surface area contributed by atoms with Crippen LogP contribution in [0.1, 0.15) is 24.0 Å². The molecule has 1 unspecified atom stereocenters. The molecular formula is C19H20ClN3O3S3. The van der Waals surface area contributed by atoms with Gasteiger partial charge in [-0.1, -0.05) is 29.8 Å². The van der Waals surface area contributed by atoms with E-state index in [4.69, 9.17) is 16.9 Å². The van der Waals surface area contributed by atoms with Gasteiger partial charge in [0.05, 0.1) is 16.0 Å². The standard InChI is InChI=1S/C19H20ClN3O3S3/c20-17-7-8-18(28-17)29(25,26)23-10-3-6-16(23)19(24)22-9-11-27-13-15-5-2-1-4-14(15)12-21/h1-2,4-5,7-8,16H,3,6,9-11,13H2,(H,22,24). The lowest BCUT2D eigenvalue weighted by atomic mass is 10.1. The molecule has 10 heteroatoms. The van der Waals surface area contributed by atoms with Crippen molar-refractivity contribution in [3.8, 4) is 6.07 Å². The van der Waals surface area contributed by atoms with Crippen LogP contribution in [0.25, 0.3) is 0 Å². The lowest BCUT2D eigenvalue weighted by molar-refractivity contribution is -0.124. The van der Waals surface area contributed by atoms with Gasteiger partial charge in [-0.05, 0) is 36.6 Å². The molecule has 3 rings (SSSR count). The monoisotopic (exact) mass is 469 g/mol. The number of halogens is 1. The first-order valence-corrected chi connectivity index (χ1v) is 12.8. The van der Waals surface area contributed by atoms with E-state index in [2.05, 4.69) is 11.4 Å². The van der Waals surface area contributed by atoms with E-state index in [1.807, 2.05) is 18.2 Å². The Labute approximate surface area is 183 Å². The summed E-state index contributed by atoms with van der Waals surface area (Å²) >= 11 is 8.48. The number of hydrogen-bond donors (Lipinski definition) is 1. The van der Waals surface area contributed by atoms with E-state index in [-0.39, 0.29) is 10.1 Å². The van der Waals surface area contributed by atoms with E-state index in [1.165, 1.54) is 10.4 Å². The predicted octanol–water partition coefficient (Wildman–Crippen LogP) is 3.48. The zero-order valence-corrected chi connectivity index (χ0v) is 18.7. The molecule has 2 heterocycles. The van der Waals surface area contributed by atoms with Gasteiger partial charge in [0.25, 0.3) is 10.0 Å². The minimum Gasteiger partial charge on any atom is -0.354 e. The predicted molar refractivity (Wildman–Crippen MR) is 117 cm³/mol. The van der Waals surface area contributed by atoms with Crippen LogP contribution in [0.5, 0.6) is 0 Å². The smallest absolute Gasteiger partial charge is 0.253 e. The minimum absolute atomic E-state index is 0.161. The Hall–Kier alpha value is -1.57. The van der Waals surface area contributed by atoms with E-state index in [0.29, 0.717) is 47.3 Å². The summed E-state index contributed by atoms with van der Waals surface area (Å²) in [6, 6.07) is 11.9. The first kappa shape index (κ1) is 22.1. The van der Waals surface area contributed by atoms with Gasteiger partial charge in [-0.3, -0.25) is 4.79 Å². The van der Waals surface area contributed by atoms with Crippen LogP contribution in [0, 0.1) is 11.3 Å². The second-order valence-electron chi connectivity index (χ2n) is 6.44. The summed E-state index contributed by atoms with van der Waals surface area (Å²) in [5.41, 5.74) is 1.62. The maximum absolute atomic E-state index is 12.8. The first-order valence-electron chi connectivity index (χ1n) is 9.04. The van der Waals surface area contributed by atoms with Crippen LogP contribution in [0.4, 0.5) is 0 Å². The molecule has 0 saturated carbocycles. The first-order chi connectivity index (χ1) is 13.9. The summed E-state index contributed by atoms with van der Waals surface area (Å²) in [6.45, 7) is 0.767. The highest BCUT2D eigenvalue weighted by Gasteiger charge is 2.39. The number of thiophene rings is 1. The second-order valence-corrected chi connectivity index (χ2v) is 11.4. The molecule has 1 aliphatic rings. The average Bonchev–Trinajstić information content (AvgIpc) is 3.38. The van der Waals surface area contributed by atoms with Crippen molar-refractivity contribution in [1.82, 2.24) is 9.62 Å². The molecule has 1 saturated heterocycles. The molecule has 0 spiro atoms. The number of nitrogens with zero attached hydrogens (tertiary/aromatic N) is 2. The molecule has 0 radical (unpaired) electrons. The third-order valence-electron chi connectivity index (χ3n) is 4.56. The van der Waals surface area contributed by atoms with E-state index in [0.717, 1.165) is 16.9 Å². The summed E-state index contributed by atoms with van der Waals surface area (Å²) < 4.78 is 27.5. The lowest BCUT2D eigenvalue weighted by Crippen LogP contribution is -2.46. The fraction of sp³-hybridized carbons (Fsp3) is 0.368. The molecule has 1 aliphatic heterocycles. The number of carbonyl (C=O) groups excluding carboxylic acids is 1. The van der Waals surface area contributed by atoms with Crippen molar-refractivity contribution in [3.63, 3.8) is 0 Å². The highest BCUT2D eigenvalue weighted by Crippen LogP contribution is 2.32. The maximum Gasteiger partial charge on any atom is 0.253 e. The van der Waals surface area contributed by atoms with Gasteiger partial charge >= 0.3 is 0 Å². The number of nitriles is 1. The molecule has 154 valence electrons. The summed E-state index contributed by atoms with van der Waals surface area (Å²) in [5, 5.41) is 12.0. The fourth-order valence-corrected chi connectivity index (χ4v) is 7.27. The van der Waals surface area contributed by atoms with Crippen LogP contribution in [0.2, 0.25) is 4.34 Å². The van der Waals surface area contributed by atoms with Crippen molar-refractivity contribution in [2.24, 2.45) is 0 Å². The number of hydrogen-bond acceptors (Lipinski definition) is 6. The average molecular weight is 470 g/mol. The quantitative estimate of drug-likeness (QED) is 0.598. The Morgan fingerprint density at radius 2 is 2.14 bits per heavy atom. The van der Waals surface area contributed by atoms with Crippen molar-refractivity contribution >= 4 is 50.6 Å². The molecule has 1 N–H and O–H groups in total. The van der Waals surface area contributed by atoms with Gasteiger partial charge in [0.2, 0.25) is 5.91 Å². The number of amides is 1. The molecule has 0 bridgehead atoms. The topological polar surface area (TPSA) is 90.3 Å². The second kappa shape index (κ2) is 9.96. The lowest BCUT2D eigenvalue weighted by Gasteiger charge is -2.22. The van der Waals surface area contributed by atoms with Crippen molar-refractivity contribution in [3.05, 3.63) is 51.9 Å². The van der Waals surface area contributed by atoms with Gasteiger partial charge < -0.3 is 5.32 Å². The van der Waals surface area contributed by atoms with Crippen LogP contribution in [-0.4, -0.2) is 43.5 Å². The maximum atomic E-state index is 12.8. The van der Waals surface area contributed by atoms with Gasteiger partial charge in [0.15, 0.2) is 0 Å². The molecule has 29 heavy (non-hydrogen) atoms. The fourth-order valence-electron chi connectivity index (χ4n) is 3.14. The third kappa shape index (κ3) is 5.32. The zero-order chi connectivity index (χ0) is 20.9. The summed E-state index contributed by atoms with van der Waals surface area (Å²) in [4.78, 5) is 12.6. The van der Waals surface area contributed by atoms with Gasteiger partial charge in [-0.2, -0.15) is 21.3 Å². The van der Waals surface area contributed by atoms with Gasteiger partial charge in [0, 0.05) is 24.6 Å². The van der Waals surface area contributed by atoms with E-state index >= 15 is 0 Å². The van der Waals surface area contributed by atoms with Crippen LogP contribution in [0.3, 0.4) is 0 Å². The number of nitrogens with one attached hydrogen (secondary N) is 1. The van der Waals surface area contributed by atoms with E-state index in [1.54, 1.807) is 23.9 Å².